The summed E-state index contributed by atoms with van der Waals surface area (Å²) in [6, 6.07) is 13.4. The van der Waals surface area contributed by atoms with Gasteiger partial charge in [-0.2, -0.15) is 4.98 Å². The number of aryl methyl sites for hydroxylation is 1. The van der Waals surface area contributed by atoms with Crippen LogP contribution < -0.4 is 9.47 Å². The highest BCUT2D eigenvalue weighted by Crippen LogP contribution is 2.29. The molecule has 20 heavy (non-hydrogen) atoms. The van der Waals surface area contributed by atoms with Gasteiger partial charge in [-0.05, 0) is 31.2 Å². The second-order valence-electron chi connectivity index (χ2n) is 4.45. The van der Waals surface area contributed by atoms with Crippen molar-refractivity contribution in [2.24, 2.45) is 0 Å². The van der Waals surface area contributed by atoms with E-state index in [1.54, 1.807) is 19.4 Å². The average Bonchev–Trinajstić information content (AvgIpc) is 2.49. The fourth-order valence-electron chi connectivity index (χ4n) is 1.92. The highest BCUT2D eigenvalue weighted by molar-refractivity contribution is 5.82. The molecule has 3 aromatic rings. The third kappa shape index (κ3) is 2.40. The molecule has 4 heteroatoms. The van der Waals surface area contributed by atoms with E-state index in [2.05, 4.69) is 9.97 Å². The number of rotatable bonds is 3. The molecule has 0 aliphatic heterocycles. The van der Waals surface area contributed by atoms with Crippen molar-refractivity contribution in [2.75, 3.05) is 7.11 Å². The van der Waals surface area contributed by atoms with Crippen LogP contribution in [-0.2, 0) is 0 Å². The van der Waals surface area contributed by atoms with Gasteiger partial charge >= 0.3 is 0 Å². The molecular weight excluding hydrogens is 252 g/mol. The van der Waals surface area contributed by atoms with Gasteiger partial charge in [-0.3, -0.25) is 0 Å². The van der Waals surface area contributed by atoms with E-state index in [0.717, 1.165) is 16.9 Å². The Morgan fingerprint density at radius 2 is 1.75 bits per heavy atom. The summed E-state index contributed by atoms with van der Waals surface area (Å²) in [4.78, 5) is 8.53. The Hall–Kier alpha value is -2.62. The monoisotopic (exact) mass is 266 g/mol. The van der Waals surface area contributed by atoms with E-state index in [1.807, 2.05) is 43.3 Å². The van der Waals surface area contributed by atoms with Crippen molar-refractivity contribution in [2.45, 2.75) is 6.92 Å². The van der Waals surface area contributed by atoms with Gasteiger partial charge in [0.05, 0.1) is 12.5 Å². The van der Waals surface area contributed by atoms with E-state index in [4.69, 9.17) is 9.47 Å². The van der Waals surface area contributed by atoms with E-state index < -0.39 is 0 Å². The number of hydrogen-bond donors (Lipinski definition) is 0. The van der Waals surface area contributed by atoms with Gasteiger partial charge in [-0.25, -0.2) is 4.98 Å². The summed E-state index contributed by atoms with van der Waals surface area (Å²) < 4.78 is 11.0. The predicted octanol–water partition coefficient (Wildman–Crippen LogP) is 3.74. The lowest BCUT2D eigenvalue weighted by molar-refractivity contribution is 0.399. The normalized spacial score (nSPS) is 10.5. The Balaban J connectivity index is 2.01. The van der Waals surface area contributed by atoms with E-state index >= 15 is 0 Å². The van der Waals surface area contributed by atoms with Crippen LogP contribution in [0.3, 0.4) is 0 Å². The second kappa shape index (κ2) is 5.17. The van der Waals surface area contributed by atoms with Crippen molar-refractivity contribution in [3.05, 3.63) is 54.2 Å². The molecule has 100 valence electrons. The van der Waals surface area contributed by atoms with Gasteiger partial charge < -0.3 is 9.47 Å². The van der Waals surface area contributed by atoms with Crippen LogP contribution in [-0.4, -0.2) is 17.1 Å². The smallest absolute Gasteiger partial charge is 0.215 e. The Labute approximate surface area is 117 Å². The molecule has 0 aliphatic rings. The number of ether oxygens (including phenoxy) is 2. The average molecular weight is 266 g/mol. The molecule has 3 rings (SSSR count). The van der Waals surface area contributed by atoms with Gasteiger partial charge in [-0.15, -0.1) is 0 Å². The van der Waals surface area contributed by atoms with E-state index in [-0.39, 0.29) is 0 Å². The van der Waals surface area contributed by atoms with E-state index in [9.17, 15) is 0 Å². The van der Waals surface area contributed by atoms with Crippen LogP contribution in [0, 0.1) is 6.92 Å². The predicted molar refractivity (Wildman–Crippen MR) is 77.3 cm³/mol. The molecule has 2 aromatic heterocycles. The summed E-state index contributed by atoms with van der Waals surface area (Å²) in [5.41, 5.74) is 1.80. The molecule has 0 radical (unpaired) electrons. The van der Waals surface area contributed by atoms with Crippen molar-refractivity contribution in [1.29, 1.82) is 0 Å². The quantitative estimate of drug-likeness (QED) is 0.724. The fraction of sp³-hybridized carbons (Fsp3) is 0.125. The molecule has 0 bridgehead atoms. The zero-order valence-electron chi connectivity index (χ0n) is 11.3. The zero-order valence-corrected chi connectivity index (χ0v) is 11.3. The number of nitrogens with zero attached hydrogens (tertiary/aromatic N) is 2. The minimum Gasteiger partial charge on any atom is -0.481 e. The summed E-state index contributed by atoms with van der Waals surface area (Å²) >= 11 is 0. The zero-order chi connectivity index (χ0) is 13.9. The Bertz CT molecular complexity index is 739. The SMILES string of the molecule is COc1ccc2c(Oc3ccc(C)cc3)ccnc2n1. The van der Waals surface area contributed by atoms with Crippen LogP contribution in [0.25, 0.3) is 11.0 Å². The van der Waals surface area contributed by atoms with Gasteiger partial charge in [-0.1, -0.05) is 17.7 Å². The number of aromatic nitrogens is 2. The van der Waals surface area contributed by atoms with Gasteiger partial charge in [0.2, 0.25) is 5.88 Å². The lowest BCUT2D eigenvalue weighted by atomic mass is 10.2. The Kier molecular flexibility index (Phi) is 3.21. The highest BCUT2D eigenvalue weighted by Gasteiger charge is 2.06. The largest absolute Gasteiger partial charge is 0.481 e. The third-order valence-electron chi connectivity index (χ3n) is 3.00. The van der Waals surface area contributed by atoms with Crippen molar-refractivity contribution >= 4 is 11.0 Å². The first kappa shape index (κ1) is 12.4. The number of fused-ring (bicyclic) bond motifs is 1. The maximum Gasteiger partial charge on any atom is 0.215 e. The molecule has 0 aliphatic carbocycles. The molecule has 0 saturated carbocycles. The lowest BCUT2D eigenvalue weighted by Crippen LogP contribution is -1.92. The Morgan fingerprint density at radius 3 is 2.50 bits per heavy atom. The first-order valence-electron chi connectivity index (χ1n) is 6.30. The Morgan fingerprint density at radius 1 is 0.950 bits per heavy atom. The van der Waals surface area contributed by atoms with Gasteiger partial charge in [0.25, 0.3) is 0 Å². The van der Waals surface area contributed by atoms with Gasteiger partial charge in [0, 0.05) is 12.3 Å². The van der Waals surface area contributed by atoms with Crippen molar-refractivity contribution in [3.8, 4) is 17.4 Å². The number of benzene rings is 1. The fourth-order valence-corrected chi connectivity index (χ4v) is 1.92. The number of pyridine rings is 2. The van der Waals surface area contributed by atoms with Crippen molar-refractivity contribution in [3.63, 3.8) is 0 Å². The van der Waals surface area contributed by atoms with Crippen LogP contribution in [0.1, 0.15) is 5.56 Å². The summed E-state index contributed by atoms with van der Waals surface area (Å²) in [5, 5.41) is 0.855. The maximum atomic E-state index is 5.90. The number of methoxy groups -OCH3 is 1. The minimum atomic E-state index is 0.539. The molecule has 0 amide bonds. The summed E-state index contributed by atoms with van der Waals surface area (Å²) in [5.74, 6) is 2.06. The van der Waals surface area contributed by atoms with E-state index in [1.165, 1.54) is 5.56 Å². The molecule has 2 heterocycles. The van der Waals surface area contributed by atoms with Crippen LogP contribution >= 0.6 is 0 Å². The minimum absolute atomic E-state index is 0.539. The molecular formula is C16H14N2O2. The van der Waals surface area contributed by atoms with Crippen LogP contribution in [0.15, 0.2) is 48.7 Å². The first-order valence-corrected chi connectivity index (χ1v) is 6.30. The first-order chi connectivity index (χ1) is 9.76. The highest BCUT2D eigenvalue weighted by atomic mass is 16.5. The summed E-state index contributed by atoms with van der Waals surface area (Å²) in [7, 11) is 1.58. The van der Waals surface area contributed by atoms with Gasteiger partial charge in [0.15, 0.2) is 5.65 Å². The lowest BCUT2D eigenvalue weighted by Gasteiger charge is -2.09. The van der Waals surface area contributed by atoms with E-state index in [0.29, 0.717) is 11.5 Å². The van der Waals surface area contributed by atoms with Gasteiger partial charge in [0.1, 0.15) is 11.5 Å². The summed E-state index contributed by atoms with van der Waals surface area (Å²) in [6.45, 7) is 2.04. The van der Waals surface area contributed by atoms with Crippen LogP contribution in [0.5, 0.6) is 17.4 Å². The molecule has 0 fully saturated rings. The topological polar surface area (TPSA) is 44.2 Å². The standard InChI is InChI=1S/C16H14N2O2/c1-11-3-5-12(6-4-11)20-14-9-10-17-16-13(14)7-8-15(18-16)19-2/h3-10H,1-2H3. The molecule has 0 spiro atoms. The van der Waals surface area contributed by atoms with Crippen LogP contribution in [0.2, 0.25) is 0 Å². The molecule has 4 nitrogen and oxygen atoms in total. The molecule has 0 N–H and O–H groups in total. The maximum absolute atomic E-state index is 5.90. The molecule has 0 saturated heterocycles. The molecule has 1 aromatic carbocycles. The molecule has 0 unspecified atom stereocenters. The number of hydrogen-bond acceptors (Lipinski definition) is 4. The third-order valence-corrected chi connectivity index (χ3v) is 3.00. The van der Waals surface area contributed by atoms with Crippen molar-refractivity contribution in [1.82, 2.24) is 9.97 Å². The van der Waals surface area contributed by atoms with Crippen LogP contribution in [0.4, 0.5) is 0 Å². The molecule has 0 atom stereocenters. The van der Waals surface area contributed by atoms with Crippen molar-refractivity contribution < 1.29 is 9.47 Å². The second-order valence-corrected chi connectivity index (χ2v) is 4.45. The summed E-state index contributed by atoms with van der Waals surface area (Å²) in [6.07, 6.45) is 1.68.